The molecule has 1 N–H and O–H groups in total. The summed E-state index contributed by atoms with van der Waals surface area (Å²) in [6.07, 6.45) is 5.13. The lowest BCUT2D eigenvalue weighted by atomic mass is 9.83. The highest BCUT2D eigenvalue weighted by molar-refractivity contribution is 5.94. The van der Waals surface area contributed by atoms with Crippen molar-refractivity contribution in [2.45, 2.75) is 43.9 Å². The maximum absolute atomic E-state index is 11.4. The minimum atomic E-state index is -0.674. The molecule has 4 heteroatoms. The quantitative estimate of drug-likeness (QED) is 0.929. The molecule has 1 unspecified atom stereocenters. The van der Waals surface area contributed by atoms with Crippen LogP contribution in [0.4, 0.5) is 5.82 Å². The molecule has 4 heterocycles. The number of nitrogens with zero attached hydrogens (tertiary/aromatic N) is 2. The van der Waals surface area contributed by atoms with Crippen molar-refractivity contribution >= 4 is 22.7 Å². The van der Waals surface area contributed by atoms with Crippen LogP contribution in [0, 0.1) is 5.92 Å². The van der Waals surface area contributed by atoms with Gasteiger partial charge in [0.05, 0.1) is 11.9 Å². The number of rotatable bonds is 4. The number of carbonyl (C=O) groups is 1. The lowest BCUT2D eigenvalue weighted by Crippen LogP contribution is -2.39. The number of hydrogen-bond donors (Lipinski definition) is 1. The SMILES string of the molecule is Cn1c2c(c3cccc(C(CC(=O)O)C4CC4)c31)C1CCN2CC1. The molecule has 1 saturated heterocycles. The lowest BCUT2D eigenvalue weighted by Gasteiger charge is -2.41. The summed E-state index contributed by atoms with van der Waals surface area (Å²) in [6, 6.07) is 6.58. The van der Waals surface area contributed by atoms with Gasteiger partial charge in [0.15, 0.2) is 0 Å². The average molecular weight is 324 g/mol. The number of anilines is 1. The summed E-state index contributed by atoms with van der Waals surface area (Å²) in [5.41, 5.74) is 4.08. The van der Waals surface area contributed by atoms with Crippen molar-refractivity contribution in [1.82, 2.24) is 4.57 Å². The molecule has 126 valence electrons. The fraction of sp³-hybridized carbons (Fsp3) is 0.550. The third-order valence-electron chi connectivity index (χ3n) is 6.44. The number of para-hydroxylation sites is 1. The van der Waals surface area contributed by atoms with Crippen molar-refractivity contribution in [2.75, 3.05) is 18.0 Å². The number of aryl methyl sites for hydroxylation is 1. The molecular formula is C20H24N2O2. The van der Waals surface area contributed by atoms with Crippen LogP contribution in [0.3, 0.4) is 0 Å². The largest absolute Gasteiger partial charge is 0.481 e. The zero-order chi connectivity index (χ0) is 16.4. The van der Waals surface area contributed by atoms with Gasteiger partial charge in [0.1, 0.15) is 5.82 Å². The summed E-state index contributed by atoms with van der Waals surface area (Å²) in [5, 5.41) is 10.8. The van der Waals surface area contributed by atoms with Crippen molar-refractivity contribution in [3.63, 3.8) is 0 Å². The molecule has 1 atom stereocenters. The number of carboxylic acids is 1. The van der Waals surface area contributed by atoms with Crippen LogP contribution in [0.5, 0.6) is 0 Å². The van der Waals surface area contributed by atoms with Gasteiger partial charge in [-0.2, -0.15) is 0 Å². The number of aliphatic carboxylic acids is 1. The summed E-state index contributed by atoms with van der Waals surface area (Å²) in [5.74, 6) is 2.11. The van der Waals surface area contributed by atoms with Crippen LogP contribution in [0.15, 0.2) is 18.2 Å². The van der Waals surface area contributed by atoms with Gasteiger partial charge in [-0.25, -0.2) is 0 Å². The van der Waals surface area contributed by atoms with Crippen molar-refractivity contribution in [2.24, 2.45) is 13.0 Å². The van der Waals surface area contributed by atoms with Crippen LogP contribution in [0.2, 0.25) is 0 Å². The molecular weight excluding hydrogens is 300 g/mol. The van der Waals surface area contributed by atoms with Crippen molar-refractivity contribution < 1.29 is 9.90 Å². The third kappa shape index (κ3) is 1.95. The van der Waals surface area contributed by atoms with Crippen molar-refractivity contribution in [3.8, 4) is 0 Å². The number of piperidine rings is 1. The Bertz CT molecular complexity index is 826. The summed E-state index contributed by atoms with van der Waals surface area (Å²) >= 11 is 0. The van der Waals surface area contributed by atoms with Crippen LogP contribution in [-0.4, -0.2) is 28.7 Å². The fourth-order valence-corrected chi connectivity index (χ4v) is 5.24. The fourth-order valence-electron chi connectivity index (χ4n) is 5.24. The van der Waals surface area contributed by atoms with Crippen molar-refractivity contribution in [1.29, 1.82) is 0 Å². The number of hydrogen-bond acceptors (Lipinski definition) is 2. The molecule has 4 aliphatic rings. The van der Waals surface area contributed by atoms with Gasteiger partial charge >= 0.3 is 5.97 Å². The minimum absolute atomic E-state index is 0.161. The lowest BCUT2D eigenvalue weighted by molar-refractivity contribution is -0.137. The van der Waals surface area contributed by atoms with Crippen LogP contribution >= 0.6 is 0 Å². The van der Waals surface area contributed by atoms with Gasteiger partial charge in [-0.15, -0.1) is 0 Å². The van der Waals surface area contributed by atoms with E-state index in [4.69, 9.17) is 0 Å². The van der Waals surface area contributed by atoms with Crippen LogP contribution in [0.25, 0.3) is 10.9 Å². The first-order valence-electron chi connectivity index (χ1n) is 9.23. The van der Waals surface area contributed by atoms with Gasteiger partial charge in [0, 0.05) is 31.1 Å². The Balaban J connectivity index is 1.74. The van der Waals surface area contributed by atoms with E-state index in [0.717, 1.165) is 0 Å². The molecule has 1 aliphatic carbocycles. The molecule has 1 saturated carbocycles. The van der Waals surface area contributed by atoms with E-state index in [1.165, 1.54) is 66.6 Å². The Hall–Kier alpha value is -1.97. The van der Waals surface area contributed by atoms with E-state index >= 15 is 0 Å². The zero-order valence-corrected chi connectivity index (χ0v) is 14.2. The number of benzene rings is 1. The van der Waals surface area contributed by atoms with Gasteiger partial charge in [-0.1, -0.05) is 18.2 Å². The first-order chi connectivity index (χ1) is 11.6. The van der Waals surface area contributed by atoms with E-state index in [-0.39, 0.29) is 12.3 Å². The van der Waals surface area contributed by atoms with Gasteiger partial charge in [-0.3, -0.25) is 4.79 Å². The van der Waals surface area contributed by atoms with Crippen LogP contribution in [0.1, 0.15) is 55.1 Å². The molecule has 2 fully saturated rings. The predicted octanol–water partition coefficient (Wildman–Crippen LogP) is 3.84. The predicted molar refractivity (Wildman–Crippen MR) is 94.8 cm³/mol. The third-order valence-corrected chi connectivity index (χ3v) is 6.44. The molecule has 4 nitrogen and oxygen atoms in total. The maximum atomic E-state index is 11.4. The Labute approximate surface area is 142 Å². The van der Waals surface area contributed by atoms with Gasteiger partial charge in [0.2, 0.25) is 0 Å². The number of fused-ring (bicyclic) bond motifs is 3. The Morgan fingerprint density at radius 1 is 1.25 bits per heavy atom. The van der Waals surface area contributed by atoms with E-state index in [1.54, 1.807) is 0 Å². The second-order valence-electron chi connectivity index (χ2n) is 7.84. The Morgan fingerprint density at radius 2 is 2.00 bits per heavy atom. The van der Waals surface area contributed by atoms with E-state index in [2.05, 4.69) is 34.7 Å². The van der Waals surface area contributed by atoms with E-state index in [9.17, 15) is 9.90 Å². The second-order valence-corrected chi connectivity index (χ2v) is 7.84. The molecule has 2 aromatic rings. The van der Waals surface area contributed by atoms with Crippen molar-refractivity contribution in [3.05, 3.63) is 29.3 Å². The van der Waals surface area contributed by atoms with Gasteiger partial charge in [-0.05, 0) is 49.0 Å². The normalized spacial score (nSPS) is 21.3. The molecule has 3 aliphatic heterocycles. The smallest absolute Gasteiger partial charge is 0.303 e. The summed E-state index contributed by atoms with van der Waals surface area (Å²) in [7, 11) is 2.18. The summed E-state index contributed by atoms with van der Waals surface area (Å²) < 4.78 is 2.36. The molecule has 0 radical (unpaired) electrons. The van der Waals surface area contributed by atoms with Gasteiger partial charge < -0.3 is 14.6 Å². The highest BCUT2D eigenvalue weighted by Gasteiger charge is 2.39. The zero-order valence-electron chi connectivity index (χ0n) is 14.2. The molecule has 0 spiro atoms. The van der Waals surface area contributed by atoms with Crippen LogP contribution in [-0.2, 0) is 11.8 Å². The van der Waals surface area contributed by atoms with Crippen LogP contribution < -0.4 is 4.90 Å². The standard InChI is InChI=1S/C20H24N2O2/c1-21-19-14(16(11-17(23)24)12-5-6-12)3-2-4-15(19)18-13-7-9-22(10-8-13)20(18)21/h2-4,12-13,16H,5-11H2,1H3,(H,23,24). The monoisotopic (exact) mass is 324 g/mol. The Kier molecular flexibility index (Phi) is 3.00. The second kappa shape index (κ2) is 5.01. The topological polar surface area (TPSA) is 45.5 Å². The first kappa shape index (κ1) is 14.4. The first-order valence-corrected chi connectivity index (χ1v) is 9.23. The molecule has 1 aromatic carbocycles. The van der Waals surface area contributed by atoms with E-state index in [1.807, 2.05) is 0 Å². The number of aromatic nitrogens is 1. The number of carboxylic acid groups (broad SMARTS) is 1. The maximum Gasteiger partial charge on any atom is 0.303 e. The Morgan fingerprint density at radius 3 is 2.67 bits per heavy atom. The average Bonchev–Trinajstić information content (AvgIpc) is 3.39. The van der Waals surface area contributed by atoms with E-state index < -0.39 is 5.97 Å². The molecule has 1 aromatic heterocycles. The molecule has 24 heavy (non-hydrogen) atoms. The minimum Gasteiger partial charge on any atom is -0.481 e. The molecule has 6 rings (SSSR count). The molecule has 2 bridgehead atoms. The summed E-state index contributed by atoms with van der Waals surface area (Å²) in [6.45, 7) is 2.33. The highest BCUT2D eigenvalue weighted by Crippen LogP contribution is 2.51. The summed E-state index contributed by atoms with van der Waals surface area (Å²) in [4.78, 5) is 14.0. The highest BCUT2D eigenvalue weighted by atomic mass is 16.4. The van der Waals surface area contributed by atoms with Gasteiger partial charge in [0.25, 0.3) is 0 Å². The molecule has 0 amide bonds. The van der Waals surface area contributed by atoms with E-state index in [0.29, 0.717) is 11.8 Å².